The van der Waals surface area contributed by atoms with Gasteiger partial charge in [0.05, 0.1) is 16.4 Å². The molecule has 0 aliphatic heterocycles. The Morgan fingerprint density at radius 2 is 1.93 bits per heavy atom. The van der Waals surface area contributed by atoms with Gasteiger partial charge in [-0.3, -0.25) is 4.98 Å². The van der Waals surface area contributed by atoms with Crippen molar-refractivity contribution in [3.63, 3.8) is 0 Å². The Kier molecular flexibility index (Phi) is 5.73. The van der Waals surface area contributed by atoms with E-state index in [9.17, 15) is 0 Å². The van der Waals surface area contributed by atoms with Gasteiger partial charge < -0.3 is 10.6 Å². The summed E-state index contributed by atoms with van der Waals surface area (Å²) in [5, 5.41) is 7.47. The first-order valence-corrected chi connectivity index (χ1v) is 10.4. The molecule has 1 aromatic carbocycles. The molecule has 0 spiro atoms. The summed E-state index contributed by atoms with van der Waals surface area (Å²) in [7, 11) is 0. The predicted molar refractivity (Wildman–Crippen MR) is 119 cm³/mol. The second-order valence-electron chi connectivity index (χ2n) is 6.58. The minimum absolute atomic E-state index is 0.434. The van der Waals surface area contributed by atoms with Crippen LogP contribution in [0.1, 0.15) is 25.7 Å². The lowest BCUT2D eigenvalue weighted by atomic mass is 10.2. The highest BCUT2D eigenvalue weighted by Gasteiger charge is 2.17. The summed E-state index contributed by atoms with van der Waals surface area (Å²) in [5.41, 5.74) is 2.59. The standard InChI is InChI=1S/C20H19ClIN5/c21-16-10-14(22)7-8-17(16)25-19-11-18(13-4-3-9-23-12-13)26-20(27-19)24-15-5-1-2-6-15/h3-4,7-12,15H,1-2,5-6H2,(H2,24,25,26,27). The Labute approximate surface area is 177 Å². The first-order chi connectivity index (χ1) is 13.2. The highest BCUT2D eigenvalue weighted by Crippen LogP contribution is 2.29. The van der Waals surface area contributed by atoms with Crippen molar-refractivity contribution in [3.8, 4) is 11.3 Å². The SMILES string of the molecule is Clc1cc(I)ccc1Nc1cc(-c2cccnc2)nc(NC2CCCC2)n1. The van der Waals surface area contributed by atoms with E-state index in [-0.39, 0.29) is 0 Å². The monoisotopic (exact) mass is 491 g/mol. The van der Waals surface area contributed by atoms with Crippen LogP contribution in [0.2, 0.25) is 5.02 Å². The number of benzene rings is 1. The molecule has 0 unspecified atom stereocenters. The van der Waals surface area contributed by atoms with E-state index in [1.807, 2.05) is 42.6 Å². The fourth-order valence-corrected chi connectivity index (χ4v) is 4.12. The number of hydrogen-bond acceptors (Lipinski definition) is 5. The normalized spacial score (nSPS) is 14.3. The molecule has 0 atom stereocenters. The lowest BCUT2D eigenvalue weighted by Gasteiger charge is -2.15. The van der Waals surface area contributed by atoms with Crippen LogP contribution in [0.5, 0.6) is 0 Å². The number of nitrogens with zero attached hydrogens (tertiary/aromatic N) is 3. The van der Waals surface area contributed by atoms with Gasteiger partial charge in [0.2, 0.25) is 5.95 Å². The second-order valence-corrected chi connectivity index (χ2v) is 8.23. The van der Waals surface area contributed by atoms with Crippen molar-refractivity contribution >= 4 is 51.6 Å². The maximum Gasteiger partial charge on any atom is 0.225 e. The van der Waals surface area contributed by atoms with Crippen molar-refractivity contribution in [1.29, 1.82) is 0 Å². The predicted octanol–water partition coefficient (Wildman–Crippen LogP) is 5.89. The van der Waals surface area contributed by atoms with Gasteiger partial charge in [-0.2, -0.15) is 4.98 Å². The number of hydrogen-bond donors (Lipinski definition) is 2. The third-order valence-corrected chi connectivity index (χ3v) is 5.55. The molecule has 0 radical (unpaired) electrons. The van der Waals surface area contributed by atoms with Gasteiger partial charge >= 0.3 is 0 Å². The summed E-state index contributed by atoms with van der Waals surface area (Å²) in [4.78, 5) is 13.6. The van der Waals surface area contributed by atoms with Gasteiger partial charge in [0.15, 0.2) is 0 Å². The Morgan fingerprint density at radius 3 is 2.67 bits per heavy atom. The molecule has 1 aliphatic carbocycles. The molecule has 2 aromatic heterocycles. The van der Waals surface area contributed by atoms with Gasteiger partial charge in [-0.05, 0) is 65.8 Å². The summed E-state index contributed by atoms with van der Waals surface area (Å²) in [6.07, 6.45) is 8.39. The molecule has 1 saturated carbocycles. The number of halogens is 2. The Bertz CT molecular complexity index is 929. The van der Waals surface area contributed by atoms with Crippen LogP contribution < -0.4 is 10.6 Å². The minimum atomic E-state index is 0.434. The summed E-state index contributed by atoms with van der Waals surface area (Å²) in [6, 6.07) is 12.1. The van der Waals surface area contributed by atoms with E-state index in [0.29, 0.717) is 22.8 Å². The first kappa shape index (κ1) is 18.4. The summed E-state index contributed by atoms with van der Waals surface area (Å²) in [6.45, 7) is 0. The first-order valence-electron chi connectivity index (χ1n) is 8.95. The largest absolute Gasteiger partial charge is 0.351 e. The number of anilines is 3. The van der Waals surface area contributed by atoms with Crippen LogP contribution in [0.3, 0.4) is 0 Å². The average Bonchev–Trinajstić information content (AvgIpc) is 3.18. The van der Waals surface area contributed by atoms with Crippen molar-refractivity contribution in [2.45, 2.75) is 31.7 Å². The Hall–Kier alpha value is -1.93. The van der Waals surface area contributed by atoms with Crippen molar-refractivity contribution in [2.24, 2.45) is 0 Å². The maximum absolute atomic E-state index is 6.38. The maximum atomic E-state index is 6.38. The molecule has 4 rings (SSSR count). The molecule has 5 nitrogen and oxygen atoms in total. The fourth-order valence-electron chi connectivity index (χ4n) is 3.22. The van der Waals surface area contributed by atoms with Crippen LogP contribution in [0, 0.1) is 3.57 Å². The van der Waals surface area contributed by atoms with Crippen LogP contribution in [-0.4, -0.2) is 21.0 Å². The lowest BCUT2D eigenvalue weighted by molar-refractivity contribution is 0.744. The quantitative estimate of drug-likeness (QED) is 0.436. The lowest BCUT2D eigenvalue weighted by Crippen LogP contribution is -2.17. The Morgan fingerprint density at radius 1 is 1.07 bits per heavy atom. The van der Waals surface area contributed by atoms with Crippen molar-refractivity contribution < 1.29 is 0 Å². The molecule has 3 aromatic rings. The van der Waals surface area contributed by atoms with E-state index in [0.717, 1.165) is 33.4 Å². The zero-order valence-corrected chi connectivity index (χ0v) is 17.5. The van der Waals surface area contributed by atoms with E-state index >= 15 is 0 Å². The van der Waals surface area contributed by atoms with Crippen LogP contribution in [-0.2, 0) is 0 Å². The molecular weight excluding hydrogens is 473 g/mol. The molecule has 2 heterocycles. The van der Waals surface area contributed by atoms with Crippen LogP contribution in [0.15, 0.2) is 48.8 Å². The third kappa shape index (κ3) is 4.68. The number of rotatable bonds is 5. The van der Waals surface area contributed by atoms with Crippen molar-refractivity contribution in [1.82, 2.24) is 15.0 Å². The van der Waals surface area contributed by atoms with Gasteiger partial charge in [-0.1, -0.05) is 24.4 Å². The number of aromatic nitrogens is 3. The van der Waals surface area contributed by atoms with E-state index in [4.69, 9.17) is 16.6 Å². The van der Waals surface area contributed by atoms with Crippen LogP contribution in [0.25, 0.3) is 11.3 Å². The van der Waals surface area contributed by atoms with Gasteiger partial charge in [-0.25, -0.2) is 4.98 Å². The summed E-state index contributed by atoms with van der Waals surface area (Å²) >= 11 is 8.62. The van der Waals surface area contributed by atoms with E-state index in [2.05, 4.69) is 43.2 Å². The zero-order valence-electron chi connectivity index (χ0n) is 14.6. The van der Waals surface area contributed by atoms with Crippen molar-refractivity contribution in [2.75, 3.05) is 10.6 Å². The molecule has 0 saturated heterocycles. The molecule has 138 valence electrons. The van der Waals surface area contributed by atoms with Gasteiger partial charge in [-0.15, -0.1) is 0 Å². The minimum Gasteiger partial charge on any atom is -0.351 e. The highest BCUT2D eigenvalue weighted by atomic mass is 127. The molecule has 1 fully saturated rings. The molecular formula is C20H19ClIN5. The molecule has 2 N–H and O–H groups in total. The topological polar surface area (TPSA) is 62.7 Å². The second kappa shape index (κ2) is 8.39. The van der Waals surface area contributed by atoms with E-state index < -0.39 is 0 Å². The number of nitrogens with one attached hydrogen (secondary N) is 2. The van der Waals surface area contributed by atoms with Gasteiger partial charge in [0, 0.05) is 33.6 Å². The summed E-state index contributed by atoms with van der Waals surface area (Å²) in [5.74, 6) is 1.33. The fraction of sp³-hybridized carbons (Fsp3) is 0.250. The third-order valence-electron chi connectivity index (χ3n) is 4.57. The molecule has 0 bridgehead atoms. The van der Waals surface area contributed by atoms with E-state index in [1.165, 1.54) is 12.8 Å². The Balaban J connectivity index is 1.68. The van der Waals surface area contributed by atoms with Crippen LogP contribution in [0.4, 0.5) is 17.5 Å². The summed E-state index contributed by atoms with van der Waals surface area (Å²) < 4.78 is 1.09. The molecule has 7 heteroatoms. The van der Waals surface area contributed by atoms with E-state index in [1.54, 1.807) is 6.20 Å². The zero-order chi connectivity index (χ0) is 18.6. The van der Waals surface area contributed by atoms with Crippen molar-refractivity contribution in [3.05, 3.63) is 57.4 Å². The molecule has 1 aliphatic rings. The average molecular weight is 492 g/mol. The van der Waals surface area contributed by atoms with Gasteiger partial charge in [0.25, 0.3) is 0 Å². The smallest absolute Gasteiger partial charge is 0.225 e. The van der Waals surface area contributed by atoms with Crippen LogP contribution >= 0.6 is 34.2 Å². The number of pyridine rings is 1. The van der Waals surface area contributed by atoms with Gasteiger partial charge in [0.1, 0.15) is 5.82 Å². The molecule has 27 heavy (non-hydrogen) atoms. The molecule has 0 amide bonds. The highest BCUT2D eigenvalue weighted by molar-refractivity contribution is 14.1.